The van der Waals surface area contributed by atoms with Gasteiger partial charge in [-0.15, -0.1) is 0 Å². The van der Waals surface area contributed by atoms with Crippen molar-refractivity contribution in [3.63, 3.8) is 0 Å². The van der Waals surface area contributed by atoms with Gasteiger partial charge in [0.2, 0.25) is 0 Å². The van der Waals surface area contributed by atoms with E-state index in [2.05, 4.69) is 4.98 Å². The van der Waals surface area contributed by atoms with Crippen LogP contribution >= 0.6 is 0 Å². The lowest BCUT2D eigenvalue weighted by atomic mass is 10.3. The van der Waals surface area contributed by atoms with Crippen LogP contribution in [0.4, 0.5) is 8.78 Å². The van der Waals surface area contributed by atoms with Gasteiger partial charge in [0.15, 0.2) is 0 Å². The molecule has 0 aliphatic rings. The predicted molar refractivity (Wildman–Crippen MR) is 104 cm³/mol. The zero-order valence-corrected chi connectivity index (χ0v) is 16.0. The van der Waals surface area contributed by atoms with E-state index in [-0.39, 0.29) is 25.5 Å². The van der Waals surface area contributed by atoms with Crippen LogP contribution in [-0.2, 0) is 6.54 Å². The molecule has 1 N–H and O–H groups in total. The number of aliphatic hydroxyl groups excluding tert-OH is 1. The molecule has 3 aromatic rings. The quantitative estimate of drug-likeness (QED) is 0.556. The van der Waals surface area contributed by atoms with E-state index in [4.69, 9.17) is 9.47 Å². The molecule has 0 amide bonds. The van der Waals surface area contributed by atoms with Gasteiger partial charge in [0, 0.05) is 18.9 Å². The molecular formula is C21H23F2N3O3. The van der Waals surface area contributed by atoms with Crippen molar-refractivity contribution in [3.8, 4) is 17.2 Å². The standard InChI is InChI=1S/C21H23F2N3O3/c1-25(14-20-24-11-12-26(20)21(22)23)13-16(27)15-28-17-7-9-19(10-8-17)29-18-5-3-2-4-6-18/h2-12,16,21,27H,13-15H2,1H3. The Bertz CT molecular complexity index is 872. The largest absolute Gasteiger partial charge is 0.491 e. The molecule has 29 heavy (non-hydrogen) atoms. The Hall–Kier alpha value is -2.97. The first-order valence-electron chi connectivity index (χ1n) is 9.13. The van der Waals surface area contributed by atoms with Gasteiger partial charge in [-0.05, 0) is 43.4 Å². The maximum absolute atomic E-state index is 12.9. The van der Waals surface area contributed by atoms with E-state index in [1.807, 2.05) is 30.3 Å². The van der Waals surface area contributed by atoms with Crippen molar-refractivity contribution in [2.45, 2.75) is 19.2 Å². The highest BCUT2D eigenvalue weighted by molar-refractivity contribution is 5.35. The number of likely N-dealkylation sites (N-methyl/N-ethyl adjacent to an activating group) is 1. The Morgan fingerprint density at radius 2 is 1.69 bits per heavy atom. The van der Waals surface area contributed by atoms with Gasteiger partial charge in [-0.2, -0.15) is 8.78 Å². The number of aliphatic hydroxyl groups is 1. The molecular weight excluding hydrogens is 380 g/mol. The summed E-state index contributed by atoms with van der Waals surface area (Å²) in [6, 6.07) is 16.5. The topological polar surface area (TPSA) is 59.8 Å². The van der Waals surface area contributed by atoms with Crippen molar-refractivity contribution in [1.29, 1.82) is 0 Å². The van der Waals surface area contributed by atoms with Crippen molar-refractivity contribution in [1.82, 2.24) is 14.5 Å². The minimum absolute atomic E-state index is 0.0759. The van der Waals surface area contributed by atoms with Gasteiger partial charge in [0.1, 0.15) is 35.8 Å². The van der Waals surface area contributed by atoms with Crippen LogP contribution in [0.5, 0.6) is 17.2 Å². The van der Waals surface area contributed by atoms with E-state index >= 15 is 0 Å². The molecule has 8 heteroatoms. The van der Waals surface area contributed by atoms with Gasteiger partial charge < -0.3 is 14.6 Å². The third-order valence-electron chi connectivity index (χ3n) is 4.14. The summed E-state index contributed by atoms with van der Waals surface area (Å²) >= 11 is 0. The molecule has 0 saturated carbocycles. The minimum atomic E-state index is -2.64. The minimum Gasteiger partial charge on any atom is -0.491 e. The zero-order chi connectivity index (χ0) is 20.6. The first-order valence-corrected chi connectivity index (χ1v) is 9.13. The van der Waals surface area contributed by atoms with Crippen LogP contribution in [0, 0.1) is 0 Å². The van der Waals surface area contributed by atoms with Crippen LogP contribution in [0.1, 0.15) is 12.4 Å². The van der Waals surface area contributed by atoms with E-state index in [0.29, 0.717) is 11.5 Å². The molecule has 1 heterocycles. The normalized spacial score (nSPS) is 12.3. The number of imidazole rings is 1. The lowest BCUT2D eigenvalue weighted by Gasteiger charge is -2.21. The van der Waals surface area contributed by atoms with Crippen LogP contribution in [0.25, 0.3) is 0 Å². The van der Waals surface area contributed by atoms with Crippen molar-refractivity contribution >= 4 is 0 Å². The first-order chi connectivity index (χ1) is 14.0. The number of alkyl halides is 2. The Morgan fingerprint density at radius 1 is 1.03 bits per heavy atom. The molecule has 0 saturated heterocycles. The van der Waals surface area contributed by atoms with Crippen molar-refractivity contribution in [2.75, 3.05) is 20.2 Å². The average Bonchev–Trinajstić information content (AvgIpc) is 3.16. The van der Waals surface area contributed by atoms with E-state index in [1.54, 1.807) is 36.2 Å². The molecule has 0 radical (unpaired) electrons. The highest BCUT2D eigenvalue weighted by atomic mass is 19.3. The number of rotatable bonds is 10. The summed E-state index contributed by atoms with van der Waals surface area (Å²) in [4.78, 5) is 5.65. The maximum atomic E-state index is 12.9. The lowest BCUT2D eigenvalue weighted by Crippen LogP contribution is -2.33. The van der Waals surface area contributed by atoms with Gasteiger partial charge in [-0.25, -0.2) is 4.98 Å². The summed E-state index contributed by atoms with van der Waals surface area (Å²) in [6.07, 6.45) is 1.79. The second kappa shape index (κ2) is 9.99. The van der Waals surface area contributed by atoms with Gasteiger partial charge in [0.05, 0.1) is 6.54 Å². The molecule has 0 fully saturated rings. The van der Waals surface area contributed by atoms with Crippen molar-refractivity contribution in [2.24, 2.45) is 0 Å². The van der Waals surface area contributed by atoms with E-state index < -0.39 is 12.7 Å². The number of benzene rings is 2. The number of ether oxygens (including phenoxy) is 2. The van der Waals surface area contributed by atoms with Gasteiger partial charge in [-0.1, -0.05) is 18.2 Å². The molecule has 1 aromatic heterocycles. The summed E-state index contributed by atoms with van der Waals surface area (Å²) in [5.41, 5.74) is 0. The van der Waals surface area contributed by atoms with Gasteiger partial charge in [0.25, 0.3) is 0 Å². The summed E-state index contributed by atoms with van der Waals surface area (Å²) < 4.78 is 37.8. The maximum Gasteiger partial charge on any atom is 0.319 e. The highest BCUT2D eigenvalue weighted by Crippen LogP contribution is 2.23. The lowest BCUT2D eigenvalue weighted by molar-refractivity contribution is 0.0572. The number of hydrogen-bond acceptors (Lipinski definition) is 5. The van der Waals surface area contributed by atoms with Crippen molar-refractivity contribution in [3.05, 3.63) is 72.8 Å². The summed E-state index contributed by atoms with van der Waals surface area (Å²) in [5.74, 6) is 2.26. The molecule has 6 nitrogen and oxygen atoms in total. The summed E-state index contributed by atoms with van der Waals surface area (Å²) in [6.45, 7) is -2.11. The Balaban J connectivity index is 1.44. The average molecular weight is 403 g/mol. The first kappa shape index (κ1) is 20.8. The number of hydrogen-bond donors (Lipinski definition) is 1. The third-order valence-corrected chi connectivity index (χ3v) is 4.14. The van der Waals surface area contributed by atoms with Gasteiger partial charge >= 0.3 is 6.55 Å². The van der Waals surface area contributed by atoms with E-state index in [1.165, 1.54) is 12.4 Å². The molecule has 0 bridgehead atoms. The van der Waals surface area contributed by atoms with Crippen molar-refractivity contribution < 1.29 is 23.4 Å². The zero-order valence-electron chi connectivity index (χ0n) is 16.0. The summed E-state index contributed by atoms with van der Waals surface area (Å²) in [7, 11) is 1.73. The van der Waals surface area contributed by atoms with Crippen LogP contribution in [0.15, 0.2) is 67.0 Å². The Morgan fingerprint density at radius 3 is 2.38 bits per heavy atom. The van der Waals surface area contributed by atoms with Crippen LogP contribution in [-0.4, -0.2) is 45.9 Å². The predicted octanol–water partition coefficient (Wildman–Crippen LogP) is 3.94. The van der Waals surface area contributed by atoms with Gasteiger partial charge in [-0.3, -0.25) is 9.47 Å². The second-order valence-electron chi connectivity index (χ2n) is 6.58. The molecule has 1 unspecified atom stereocenters. The Labute approximate surface area is 167 Å². The number of nitrogens with zero attached hydrogens (tertiary/aromatic N) is 3. The fourth-order valence-corrected chi connectivity index (χ4v) is 2.78. The molecule has 2 aromatic carbocycles. The fourth-order valence-electron chi connectivity index (χ4n) is 2.78. The molecule has 0 aliphatic carbocycles. The van der Waals surface area contributed by atoms with Crippen LogP contribution < -0.4 is 9.47 Å². The number of aromatic nitrogens is 2. The molecule has 1 atom stereocenters. The Kier molecular flexibility index (Phi) is 7.15. The highest BCUT2D eigenvalue weighted by Gasteiger charge is 2.15. The summed E-state index contributed by atoms with van der Waals surface area (Å²) in [5, 5.41) is 10.2. The molecule has 3 rings (SSSR count). The number of para-hydroxylation sites is 1. The van der Waals surface area contributed by atoms with Crippen LogP contribution in [0.3, 0.4) is 0 Å². The van der Waals surface area contributed by atoms with Crippen LogP contribution in [0.2, 0.25) is 0 Å². The molecule has 0 spiro atoms. The molecule has 154 valence electrons. The van der Waals surface area contributed by atoms with E-state index in [0.717, 1.165) is 10.3 Å². The smallest absolute Gasteiger partial charge is 0.319 e. The second-order valence-corrected chi connectivity index (χ2v) is 6.58. The SMILES string of the molecule is CN(Cc1nccn1C(F)F)CC(O)COc1ccc(Oc2ccccc2)cc1. The molecule has 0 aliphatic heterocycles. The fraction of sp³-hybridized carbons (Fsp3) is 0.286. The number of halogens is 2. The monoisotopic (exact) mass is 403 g/mol. The third kappa shape index (κ3) is 6.27. The van der Waals surface area contributed by atoms with E-state index in [9.17, 15) is 13.9 Å².